The van der Waals surface area contributed by atoms with Gasteiger partial charge in [-0.2, -0.15) is 0 Å². The maximum Gasteiger partial charge on any atom is 0.303 e. The number of nitrogens with one attached hydrogen (secondary N) is 1. The second kappa shape index (κ2) is 8.51. The molecule has 0 radical (unpaired) electrons. The molecule has 0 aliphatic rings. The topological polar surface area (TPSA) is 49.3 Å². The fraction of sp³-hybridized carbons (Fsp3) is 0.929. The summed E-state index contributed by atoms with van der Waals surface area (Å²) in [6.45, 7) is 10.8. The average molecular weight is 243 g/mol. The predicted molar refractivity (Wildman–Crippen MR) is 72.2 cm³/mol. The lowest BCUT2D eigenvalue weighted by atomic mass is 9.84. The first kappa shape index (κ1) is 16.4. The lowest BCUT2D eigenvalue weighted by Crippen LogP contribution is -2.24. The average Bonchev–Trinajstić information content (AvgIpc) is 2.20. The Morgan fingerprint density at radius 1 is 1.24 bits per heavy atom. The molecule has 0 bridgehead atoms. The standard InChI is InChI=1S/C14H29NO2/c1-12(2)6-5-10-15-11-9-14(3,4)8-7-13(16)17/h12,15H,5-11H2,1-4H3,(H,16,17). The summed E-state index contributed by atoms with van der Waals surface area (Å²) in [5, 5.41) is 12.1. The zero-order valence-corrected chi connectivity index (χ0v) is 11.9. The summed E-state index contributed by atoms with van der Waals surface area (Å²) < 4.78 is 0. The van der Waals surface area contributed by atoms with Gasteiger partial charge in [0.25, 0.3) is 0 Å². The van der Waals surface area contributed by atoms with E-state index in [0.29, 0.717) is 0 Å². The summed E-state index contributed by atoms with van der Waals surface area (Å²) in [4.78, 5) is 10.5. The van der Waals surface area contributed by atoms with Gasteiger partial charge in [0.1, 0.15) is 0 Å². The first-order valence-corrected chi connectivity index (χ1v) is 6.76. The molecule has 0 atom stereocenters. The quantitative estimate of drug-likeness (QED) is 0.579. The van der Waals surface area contributed by atoms with Crippen LogP contribution in [0.2, 0.25) is 0 Å². The van der Waals surface area contributed by atoms with Crippen molar-refractivity contribution in [2.75, 3.05) is 13.1 Å². The van der Waals surface area contributed by atoms with Gasteiger partial charge in [-0.1, -0.05) is 27.7 Å². The Morgan fingerprint density at radius 2 is 1.88 bits per heavy atom. The summed E-state index contributed by atoms with van der Waals surface area (Å²) in [7, 11) is 0. The van der Waals surface area contributed by atoms with Crippen LogP contribution in [0.1, 0.15) is 59.8 Å². The van der Waals surface area contributed by atoms with Crippen LogP contribution in [0.15, 0.2) is 0 Å². The van der Waals surface area contributed by atoms with Crippen LogP contribution in [-0.4, -0.2) is 24.2 Å². The Hall–Kier alpha value is -0.570. The Balaban J connectivity index is 3.48. The Kier molecular flexibility index (Phi) is 8.23. The van der Waals surface area contributed by atoms with Crippen molar-refractivity contribution >= 4 is 5.97 Å². The summed E-state index contributed by atoms with van der Waals surface area (Å²) in [5.74, 6) is 0.0896. The number of hydrogen-bond donors (Lipinski definition) is 2. The Labute approximate surface area is 106 Å². The minimum absolute atomic E-state index is 0.128. The van der Waals surface area contributed by atoms with E-state index in [1.54, 1.807) is 0 Å². The van der Waals surface area contributed by atoms with E-state index in [1.165, 1.54) is 12.8 Å². The van der Waals surface area contributed by atoms with Gasteiger partial charge in [0.15, 0.2) is 0 Å². The molecular formula is C14H29NO2. The zero-order valence-electron chi connectivity index (χ0n) is 11.9. The van der Waals surface area contributed by atoms with E-state index in [-0.39, 0.29) is 11.8 Å². The molecule has 0 amide bonds. The van der Waals surface area contributed by atoms with Gasteiger partial charge in [0, 0.05) is 6.42 Å². The van der Waals surface area contributed by atoms with Crippen molar-refractivity contribution in [1.29, 1.82) is 0 Å². The molecule has 0 heterocycles. The van der Waals surface area contributed by atoms with Gasteiger partial charge in [-0.05, 0) is 50.1 Å². The van der Waals surface area contributed by atoms with E-state index >= 15 is 0 Å². The molecule has 0 aliphatic heterocycles. The molecule has 2 N–H and O–H groups in total. The van der Waals surface area contributed by atoms with Crippen LogP contribution >= 0.6 is 0 Å². The third-order valence-electron chi connectivity index (χ3n) is 3.13. The maximum absolute atomic E-state index is 10.5. The van der Waals surface area contributed by atoms with Gasteiger partial charge in [-0.25, -0.2) is 0 Å². The number of aliphatic carboxylic acids is 1. The predicted octanol–water partition coefficient (Wildman–Crippen LogP) is 3.29. The highest BCUT2D eigenvalue weighted by molar-refractivity contribution is 5.66. The monoisotopic (exact) mass is 243 g/mol. The van der Waals surface area contributed by atoms with Crippen molar-refractivity contribution in [3.05, 3.63) is 0 Å². The second-order valence-corrected chi connectivity index (χ2v) is 6.09. The van der Waals surface area contributed by atoms with Crippen molar-refractivity contribution in [1.82, 2.24) is 5.32 Å². The number of carbonyl (C=O) groups is 1. The summed E-state index contributed by atoms with van der Waals surface area (Å²) in [6.07, 6.45) is 4.58. The first-order valence-electron chi connectivity index (χ1n) is 6.76. The highest BCUT2D eigenvalue weighted by atomic mass is 16.4. The van der Waals surface area contributed by atoms with Crippen LogP contribution in [0.25, 0.3) is 0 Å². The molecule has 3 heteroatoms. The van der Waals surface area contributed by atoms with Crippen molar-refractivity contribution in [3.63, 3.8) is 0 Å². The third-order valence-corrected chi connectivity index (χ3v) is 3.13. The molecule has 0 aromatic carbocycles. The summed E-state index contributed by atoms with van der Waals surface area (Å²) in [5.41, 5.74) is 0.128. The fourth-order valence-electron chi connectivity index (χ4n) is 1.76. The highest BCUT2D eigenvalue weighted by Crippen LogP contribution is 2.25. The number of carboxylic acid groups (broad SMARTS) is 1. The van der Waals surface area contributed by atoms with Crippen LogP contribution in [0, 0.1) is 11.3 Å². The van der Waals surface area contributed by atoms with Crippen molar-refractivity contribution < 1.29 is 9.90 Å². The molecule has 0 aromatic heterocycles. The molecule has 0 fully saturated rings. The SMILES string of the molecule is CC(C)CCCNCCC(C)(C)CCC(=O)O. The molecule has 0 unspecified atom stereocenters. The minimum atomic E-state index is -0.692. The molecule has 17 heavy (non-hydrogen) atoms. The molecule has 0 rings (SSSR count). The lowest BCUT2D eigenvalue weighted by molar-refractivity contribution is -0.137. The van der Waals surface area contributed by atoms with E-state index in [9.17, 15) is 4.79 Å². The molecule has 0 saturated heterocycles. The molecule has 102 valence electrons. The lowest BCUT2D eigenvalue weighted by Gasteiger charge is -2.23. The van der Waals surface area contributed by atoms with Crippen LogP contribution in [0.4, 0.5) is 0 Å². The van der Waals surface area contributed by atoms with Crippen LogP contribution in [0.3, 0.4) is 0 Å². The number of hydrogen-bond acceptors (Lipinski definition) is 2. The van der Waals surface area contributed by atoms with Crippen LogP contribution in [-0.2, 0) is 4.79 Å². The number of carboxylic acids is 1. The van der Waals surface area contributed by atoms with E-state index in [0.717, 1.165) is 31.8 Å². The van der Waals surface area contributed by atoms with Gasteiger partial charge >= 0.3 is 5.97 Å². The first-order chi connectivity index (χ1) is 7.83. The van der Waals surface area contributed by atoms with Gasteiger partial charge in [-0.15, -0.1) is 0 Å². The van der Waals surface area contributed by atoms with E-state index < -0.39 is 5.97 Å². The van der Waals surface area contributed by atoms with Gasteiger partial charge < -0.3 is 10.4 Å². The third kappa shape index (κ3) is 11.7. The molecular weight excluding hydrogens is 214 g/mol. The summed E-state index contributed by atoms with van der Waals surface area (Å²) in [6, 6.07) is 0. The molecule has 0 aliphatic carbocycles. The van der Waals surface area contributed by atoms with Crippen molar-refractivity contribution in [2.24, 2.45) is 11.3 Å². The van der Waals surface area contributed by atoms with E-state index in [1.807, 2.05) is 0 Å². The van der Waals surface area contributed by atoms with Crippen molar-refractivity contribution in [2.45, 2.75) is 59.8 Å². The molecule has 3 nitrogen and oxygen atoms in total. The second-order valence-electron chi connectivity index (χ2n) is 6.09. The minimum Gasteiger partial charge on any atom is -0.481 e. The molecule has 0 aromatic rings. The van der Waals surface area contributed by atoms with E-state index in [4.69, 9.17) is 5.11 Å². The largest absolute Gasteiger partial charge is 0.481 e. The Morgan fingerprint density at radius 3 is 2.41 bits per heavy atom. The van der Waals surface area contributed by atoms with E-state index in [2.05, 4.69) is 33.0 Å². The maximum atomic E-state index is 10.5. The normalized spacial score (nSPS) is 12.1. The highest BCUT2D eigenvalue weighted by Gasteiger charge is 2.18. The summed E-state index contributed by atoms with van der Waals surface area (Å²) >= 11 is 0. The van der Waals surface area contributed by atoms with Gasteiger partial charge in [0.05, 0.1) is 0 Å². The van der Waals surface area contributed by atoms with Crippen molar-refractivity contribution in [3.8, 4) is 0 Å². The van der Waals surface area contributed by atoms with Gasteiger partial charge in [-0.3, -0.25) is 4.79 Å². The molecule has 0 spiro atoms. The Bertz CT molecular complexity index is 212. The van der Waals surface area contributed by atoms with Gasteiger partial charge in [0.2, 0.25) is 0 Å². The zero-order chi connectivity index (χ0) is 13.3. The molecule has 0 saturated carbocycles. The fourth-order valence-corrected chi connectivity index (χ4v) is 1.76. The van der Waals surface area contributed by atoms with Crippen LogP contribution in [0.5, 0.6) is 0 Å². The van der Waals surface area contributed by atoms with Crippen LogP contribution < -0.4 is 5.32 Å². The smallest absolute Gasteiger partial charge is 0.303 e. The number of rotatable bonds is 10.